The number of hydrogen-bond donors (Lipinski definition) is 4. The number of nitrogens with one attached hydrogen (secondary N) is 2. The van der Waals surface area contributed by atoms with E-state index in [4.69, 9.17) is 33.7 Å². The maximum absolute atomic E-state index is 15.8. The first kappa shape index (κ1) is 34.2. The van der Waals surface area contributed by atoms with Gasteiger partial charge in [-0.3, -0.25) is 19.7 Å². The Kier molecular flexibility index (Phi) is 11.1. The average molecular weight is 640 g/mol. The van der Waals surface area contributed by atoms with E-state index in [0.29, 0.717) is 13.0 Å². The molecule has 232 valence electrons. The largest absolute Gasteiger partial charge is 0.462 e. The number of primary amides is 1. The second-order valence-electron chi connectivity index (χ2n) is 11.5. The fraction of sp³-hybridized carbons (Fsp3) is 0.467. The summed E-state index contributed by atoms with van der Waals surface area (Å²) < 4.78 is 36.8. The molecular formula is C30H34Cl2F2N4O5. The van der Waals surface area contributed by atoms with Crippen molar-refractivity contribution in [1.29, 1.82) is 5.26 Å². The van der Waals surface area contributed by atoms with E-state index in [9.17, 15) is 24.8 Å². The summed E-state index contributed by atoms with van der Waals surface area (Å²) in [6, 6.07) is 7.73. The summed E-state index contributed by atoms with van der Waals surface area (Å²) in [5.41, 5.74) is 2.37. The van der Waals surface area contributed by atoms with E-state index in [-0.39, 0.29) is 33.5 Å². The molecule has 2 aromatic carbocycles. The molecule has 1 fully saturated rings. The molecular weight excluding hydrogens is 605 g/mol. The van der Waals surface area contributed by atoms with Crippen LogP contribution in [0.5, 0.6) is 0 Å². The zero-order valence-corrected chi connectivity index (χ0v) is 25.4. The zero-order chi connectivity index (χ0) is 32.1. The normalized spacial score (nSPS) is 22.4. The van der Waals surface area contributed by atoms with Crippen LogP contribution in [0.15, 0.2) is 36.4 Å². The van der Waals surface area contributed by atoms with Gasteiger partial charge in [-0.15, -0.1) is 0 Å². The Balaban J connectivity index is 2.20. The van der Waals surface area contributed by atoms with Crippen molar-refractivity contribution in [1.82, 2.24) is 10.6 Å². The lowest BCUT2D eigenvalue weighted by atomic mass is 9.62. The number of aliphatic hydroxyl groups is 1. The zero-order valence-electron chi connectivity index (χ0n) is 23.9. The maximum Gasteiger partial charge on any atom is 0.323 e. The van der Waals surface area contributed by atoms with Crippen LogP contribution in [0.1, 0.15) is 57.1 Å². The molecule has 43 heavy (non-hydrogen) atoms. The molecule has 13 heteroatoms. The Hall–Kier alpha value is -3.30. The van der Waals surface area contributed by atoms with Gasteiger partial charge >= 0.3 is 5.97 Å². The Morgan fingerprint density at radius 1 is 1.26 bits per heavy atom. The van der Waals surface area contributed by atoms with E-state index in [2.05, 4.69) is 16.7 Å². The van der Waals surface area contributed by atoms with Gasteiger partial charge in [0.2, 0.25) is 11.8 Å². The number of hydrogen-bond acceptors (Lipinski definition) is 7. The van der Waals surface area contributed by atoms with Crippen LogP contribution in [-0.4, -0.2) is 54.2 Å². The fourth-order valence-corrected chi connectivity index (χ4v) is 6.05. The number of halogens is 4. The number of nitriles is 1. The van der Waals surface area contributed by atoms with Gasteiger partial charge in [-0.1, -0.05) is 55.2 Å². The third-order valence-electron chi connectivity index (χ3n) is 7.67. The van der Waals surface area contributed by atoms with Crippen molar-refractivity contribution in [2.75, 3.05) is 13.2 Å². The van der Waals surface area contributed by atoms with Gasteiger partial charge < -0.3 is 20.9 Å². The first-order valence-corrected chi connectivity index (χ1v) is 14.3. The van der Waals surface area contributed by atoms with Gasteiger partial charge in [-0.2, -0.15) is 5.26 Å². The first-order chi connectivity index (χ1) is 20.1. The number of benzene rings is 2. The third kappa shape index (κ3) is 7.81. The quantitative estimate of drug-likeness (QED) is 0.257. The lowest BCUT2D eigenvalue weighted by molar-refractivity contribution is -0.150. The summed E-state index contributed by atoms with van der Waals surface area (Å²) in [7, 11) is 0. The van der Waals surface area contributed by atoms with Crippen molar-refractivity contribution in [3.63, 3.8) is 0 Å². The highest BCUT2D eigenvalue weighted by atomic mass is 35.5. The number of ether oxygens (including phenoxy) is 1. The molecule has 0 saturated carbocycles. The number of amides is 2. The van der Waals surface area contributed by atoms with E-state index in [0.717, 1.165) is 6.07 Å². The summed E-state index contributed by atoms with van der Waals surface area (Å²) in [4.78, 5) is 36.3. The lowest BCUT2D eigenvalue weighted by Gasteiger charge is -2.38. The summed E-state index contributed by atoms with van der Waals surface area (Å²) in [6.45, 7) is 4.87. The minimum absolute atomic E-state index is 0.0670. The summed E-state index contributed by atoms with van der Waals surface area (Å²) in [5.74, 6) is -5.12. The molecule has 3 rings (SSSR count). The second kappa shape index (κ2) is 14.0. The first-order valence-electron chi connectivity index (χ1n) is 13.6. The highest BCUT2D eigenvalue weighted by molar-refractivity contribution is 6.31. The van der Waals surface area contributed by atoms with Gasteiger partial charge in [0, 0.05) is 36.0 Å². The molecule has 1 aliphatic heterocycles. The van der Waals surface area contributed by atoms with Crippen molar-refractivity contribution >= 4 is 41.0 Å². The Morgan fingerprint density at radius 3 is 2.56 bits per heavy atom. The maximum atomic E-state index is 15.8. The van der Waals surface area contributed by atoms with Crippen LogP contribution in [0.2, 0.25) is 10.0 Å². The molecule has 5 atom stereocenters. The van der Waals surface area contributed by atoms with E-state index >= 15 is 8.78 Å². The standard InChI is InChI=1S/C30H34Cl2F2N4O5/c1-16(39)37-10-9-29(2,3)13-23-30(15-35,20-8-7-17(31)11-22(20)33)25(19-5-4-6-21(32)26(19)34)27(38-23)28(42)43-14-18(40)12-24(36)41/h4-8,11,18,23,25,27,38,40H,9-10,12-14H2,1-3H3,(H2,36,41)(H,37,39)/t18-,23-,25-,27+,30-/m0/s1. The van der Waals surface area contributed by atoms with Crippen LogP contribution in [0.4, 0.5) is 8.78 Å². The Labute approximate surface area is 258 Å². The number of esters is 1. The summed E-state index contributed by atoms with van der Waals surface area (Å²) in [5, 5.41) is 26.7. The van der Waals surface area contributed by atoms with Gasteiger partial charge in [-0.05, 0) is 42.0 Å². The molecule has 0 aromatic heterocycles. The molecule has 0 unspecified atom stereocenters. The fourth-order valence-electron chi connectivity index (χ4n) is 5.71. The van der Waals surface area contributed by atoms with E-state index in [1.165, 1.54) is 37.3 Å². The van der Waals surface area contributed by atoms with Crippen molar-refractivity contribution in [2.45, 2.75) is 69.6 Å². The number of carbonyl (C=O) groups excluding carboxylic acids is 3. The molecule has 5 N–H and O–H groups in total. The molecule has 2 amide bonds. The number of nitrogens with zero attached hydrogens (tertiary/aromatic N) is 1. The number of nitrogens with two attached hydrogens (primary N) is 1. The molecule has 1 heterocycles. The van der Waals surface area contributed by atoms with Crippen LogP contribution < -0.4 is 16.4 Å². The van der Waals surface area contributed by atoms with Crippen molar-refractivity contribution in [2.24, 2.45) is 11.1 Å². The van der Waals surface area contributed by atoms with Gasteiger partial charge in [0.25, 0.3) is 0 Å². The molecule has 0 aliphatic carbocycles. The predicted octanol–water partition coefficient (Wildman–Crippen LogP) is 3.88. The molecule has 1 saturated heterocycles. The van der Waals surface area contributed by atoms with Crippen LogP contribution in [0.25, 0.3) is 0 Å². The van der Waals surface area contributed by atoms with Gasteiger partial charge in [0.05, 0.1) is 23.6 Å². The highest BCUT2D eigenvalue weighted by Crippen LogP contribution is 2.53. The van der Waals surface area contributed by atoms with E-state index in [1.807, 2.05) is 13.8 Å². The molecule has 0 radical (unpaired) electrons. The van der Waals surface area contributed by atoms with E-state index in [1.54, 1.807) is 0 Å². The van der Waals surface area contributed by atoms with Crippen LogP contribution >= 0.6 is 23.2 Å². The smallest absolute Gasteiger partial charge is 0.323 e. The third-order valence-corrected chi connectivity index (χ3v) is 8.20. The second-order valence-corrected chi connectivity index (χ2v) is 12.3. The van der Waals surface area contributed by atoms with Crippen LogP contribution in [-0.2, 0) is 24.5 Å². The van der Waals surface area contributed by atoms with Crippen molar-refractivity contribution in [3.05, 3.63) is 69.2 Å². The van der Waals surface area contributed by atoms with Crippen LogP contribution in [0.3, 0.4) is 0 Å². The Bertz CT molecular complexity index is 1420. The van der Waals surface area contributed by atoms with Crippen molar-refractivity contribution < 1.29 is 33.0 Å². The number of carbonyl (C=O) groups is 3. The molecule has 0 spiro atoms. The molecule has 9 nitrogen and oxygen atoms in total. The Morgan fingerprint density at radius 2 is 1.95 bits per heavy atom. The van der Waals surface area contributed by atoms with Crippen molar-refractivity contribution in [3.8, 4) is 6.07 Å². The number of aliphatic hydroxyl groups excluding tert-OH is 1. The van der Waals surface area contributed by atoms with Crippen LogP contribution in [0, 0.1) is 28.4 Å². The predicted molar refractivity (Wildman–Crippen MR) is 156 cm³/mol. The molecule has 2 aromatic rings. The monoisotopic (exact) mass is 638 g/mol. The highest BCUT2D eigenvalue weighted by Gasteiger charge is 2.61. The molecule has 0 bridgehead atoms. The van der Waals surface area contributed by atoms with Gasteiger partial charge in [0.1, 0.15) is 29.7 Å². The van der Waals surface area contributed by atoms with Gasteiger partial charge in [-0.25, -0.2) is 8.78 Å². The average Bonchev–Trinajstić information content (AvgIpc) is 3.21. The summed E-state index contributed by atoms with van der Waals surface area (Å²) in [6.07, 6.45) is -1.24. The van der Waals surface area contributed by atoms with Gasteiger partial charge in [0.15, 0.2) is 0 Å². The minimum atomic E-state index is -1.90. The topological polar surface area (TPSA) is 155 Å². The molecule has 1 aliphatic rings. The summed E-state index contributed by atoms with van der Waals surface area (Å²) >= 11 is 12.2. The van der Waals surface area contributed by atoms with E-state index < -0.39 is 71.5 Å². The SMILES string of the molecule is CC(=O)NCCC(C)(C)C[C@@H]1N[C@@H](C(=O)OC[C@@H](O)CC(N)=O)[C@H](c2cccc(Cl)c2F)[C@@]1(C#N)c1ccc(Cl)cc1F. The number of rotatable bonds is 12. The minimum Gasteiger partial charge on any atom is -0.462 e. The lowest BCUT2D eigenvalue weighted by Crippen LogP contribution is -2.45.